The lowest BCUT2D eigenvalue weighted by Crippen LogP contribution is -2.48. The Bertz CT molecular complexity index is 278. The molecule has 0 aliphatic carbocycles. The molecule has 1 N–H and O–H groups in total. The molecular formula is C12H22N2O2. The lowest BCUT2D eigenvalue weighted by Gasteiger charge is -2.33. The first kappa shape index (κ1) is 13.0. The Kier molecular flexibility index (Phi) is 4.33. The van der Waals surface area contributed by atoms with Gasteiger partial charge in [0, 0.05) is 18.5 Å². The number of carbonyl (C=O) groups is 2. The van der Waals surface area contributed by atoms with Gasteiger partial charge in [-0.15, -0.1) is 0 Å². The molecule has 4 nitrogen and oxygen atoms in total. The topological polar surface area (TPSA) is 49.4 Å². The van der Waals surface area contributed by atoms with E-state index in [0.29, 0.717) is 6.42 Å². The Labute approximate surface area is 97.4 Å². The van der Waals surface area contributed by atoms with Crippen LogP contribution in [0.5, 0.6) is 0 Å². The predicted molar refractivity (Wildman–Crippen MR) is 62.9 cm³/mol. The first-order chi connectivity index (χ1) is 7.47. The van der Waals surface area contributed by atoms with Gasteiger partial charge in [-0.3, -0.25) is 9.59 Å². The van der Waals surface area contributed by atoms with Gasteiger partial charge < -0.3 is 10.2 Å². The Morgan fingerprint density at radius 1 is 1.44 bits per heavy atom. The van der Waals surface area contributed by atoms with Crippen molar-refractivity contribution >= 4 is 11.8 Å². The van der Waals surface area contributed by atoms with Gasteiger partial charge in [0.05, 0.1) is 0 Å². The van der Waals surface area contributed by atoms with Crippen molar-refractivity contribution in [3.8, 4) is 0 Å². The van der Waals surface area contributed by atoms with Crippen molar-refractivity contribution in [2.24, 2.45) is 0 Å². The van der Waals surface area contributed by atoms with Crippen LogP contribution in [0.15, 0.2) is 0 Å². The van der Waals surface area contributed by atoms with E-state index < -0.39 is 6.04 Å². The van der Waals surface area contributed by atoms with Crippen LogP contribution in [0.4, 0.5) is 0 Å². The maximum atomic E-state index is 12.1. The molecule has 4 heteroatoms. The minimum atomic E-state index is -0.392. The van der Waals surface area contributed by atoms with Crippen LogP contribution in [-0.4, -0.2) is 34.8 Å². The fourth-order valence-electron chi connectivity index (χ4n) is 2.38. The molecule has 1 aliphatic rings. The molecule has 1 aliphatic heterocycles. The number of hydrogen-bond acceptors (Lipinski definition) is 2. The van der Waals surface area contributed by atoms with Gasteiger partial charge in [-0.05, 0) is 27.2 Å². The molecule has 1 heterocycles. The maximum absolute atomic E-state index is 12.1. The van der Waals surface area contributed by atoms with Gasteiger partial charge in [0.25, 0.3) is 0 Å². The fourth-order valence-corrected chi connectivity index (χ4v) is 2.38. The summed E-state index contributed by atoms with van der Waals surface area (Å²) >= 11 is 0. The largest absolute Gasteiger partial charge is 0.345 e. The van der Waals surface area contributed by atoms with Crippen molar-refractivity contribution in [3.05, 3.63) is 0 Å². The molecule has 0 bridgehead atoms. The second kappa shape index (κ2) is 5.32. The zero-order chi connectivity index (χ0) is 12.3. The van der Waals surface area contributed by atoms with Gasteiger partial charge in [0.2, 0.25) is 11.8 Å². The first-order valence-electron chi connectivity index (χ1n) is 6.08. The molecule has 0 spiro atoms. The van der Waals surface area contributed by atoms with E-state index in [9.17, 15) is 9.59 Å². The summed E-state index contributed by atoms with van der Waals surface area (Å²) in [6.45, 7) is 7.86. The molecule has 16 heavy (non-hydrogen) atoms. The van der Waals surface area contributed by atoms with Crippen LogP contribution < -0.4 is 5.32 Å². The van der Waals surface area contributed by atoms with Crippen LogP contribution in [0.3, 0.4) is 0 Å². The van der Waals surface area contributed by atoms with Crippen LogP contribution in [0.2, 0.25) is 0 Å². The third-order valence-corrected chi connectivity index (χ3v) is 3.14. The highest BCUT2D eigenvalue weighted by Crippen LogP contribution is 2.17. The van der Waals surface area contributed by atoms with E-state index >= 15 is 0 Å². The zero-order valence-corrected chi connectivity index (χ0v) is 10.6. The normalized spacial score (nSPS) is 28.6. The summed E-state index contributed by atoms with van der Waals surface area (Å²) in [4.78, 5) is 25.5. The van der Waals surface area contributed by atoms with Gasteiger partial charge in [-0.2, -0.15) is 0 Å². The van der Waals surface area contributed by atoms with Crippen molar-refractivity contribution in [1.82, 2.24) is 10.2 Å². The maximum Gasteiger partial charge on any atom is 0.245 e. The van der Waals surface area contributed by atoms with E-state index in [1.165, 1.54) is 0 Å². The average molecular weight is 226 g/mol. The van der Waals surface area contributed by atoms with Crippen LogP contribution in [0.25, 0.3) is 0 Å². The van der Waals surface area contributed by atoms with Gasteiger partial charge in [0.1, 0.15) is 6.04 Å². The molecule has 0 radical (unpaired) electrons. The molecular weight excluding hydrogens is 204 g/mol. The van der Waals surface area contributed by atoms with E-state index in [4.69, 9.17) is 0 Å². The van der Waals surface area contributed by atoms with Crippen molar-refractivity contribution in [2.45, 2.75) is 65.1 Å². The molecule has 1 rings (SSSR count). The van der Waals surface area contributed by atoms with Gasteiger partial charge in [-0.1, -0.05) is 13.3 Å². The number of hydrogen-bond donors (Lipinski definition) is 1. The number of nitrogens with zero attached hydrogens (tertiary/aromatic N) is 1. The minimum absolute atomic E-state index is 0.000926. The van der Waals surface area contributed by atoms with Crippen molar-refractivity contribution in [3.63, 3.8) is 0 Å². The van der Waals surface area contributed by atoms with E-state index in [1.54, 1.807) is 6.92 Å². The molecule has 2 amide bonds. The van der Waals surface area contributed by atoms with E-state index in [2.05, 4.69) is 19.2 Å². The number of amides is 2. The summed E-state index contributed by atoms with van der Waals surface area (Å²) in [6.07, 6.45) is 2.44. The highest BCUT2D eigenvalue weighted by atomic mass is 16.2. The monoisotopic (exact) mass is 226 g/mol. The van der Waals surface area contributed by atoms with Gasteiger partial charge in [-0.25, -0.2) is 0 Å². The van der Waals surface area contributed by atoms with Crippen molar-refractivity contribution in [2.75, 3.05) is 0 Å². The van der Waals surface area contributed by atoms with Crippen LogP contribution in [-0.2, 0) is 9.59 Å². The van der Waals surface area contributed by atoms with Crippen LogP contribution in [0, 0.1) is 0 Å². The van der Waals surface area contributed by atoms with E-state index in [0.717, 1.165) is 12.8 Å². The Hall–Kier alpha value is -1.06. The summed E-state index contributed by atoms with van der Waals surface area (Å²) < 4.78 is 0. The summed E-state index contributed by atoms with van der Waals surface area (Å²) in [5, 5.41) is 2.72. The third-order valence-electron chi connectivity index (χ3n) is 3.14. The third kappa shape index (κ3) is 2.74. The second-order valence-corrected chi connectivity index (χ2v) is 4.73. The average Bonchev–Trinajstić information content (AvgIpc) is 2.25. The SMILES string of the molecule is CCCC(C)N1C(=O)C(C)NC(=O)CC1C. The zero-order valence-electron chi connectivity index (χ0n) is 10.6. The Morgan fingerprint density at radius 3 is 2.62 bits per heavy atom. The molecule has 0 saturated carbocycles. The van der Waals surface area contributed by atoms with Gasteiger partial charge in [0.15, 0.2) is 0 Å². The van der Waals surface area contributed by atoms with Crippen molar-refractivity contribution < 1.29 is 9.59 Å². The molecule has 0 aromatic carbocycles. The molecule has 0 aromatic rings. The molecule has 1 fully saturated rings. The summed E-state index contributed by atoms with van der Waals surface area (Å²) in [7, 11) is 0. The molecule has 92 valence electrons. The Balaban J connectivity index is 2.85. The summed E-state index contributed by atoms with van der Waals surface area (Å²) in [5.41, 5.74) is 0. The number of carbonyl (C=O) groups excluding carboxylic acids is 2. The molecule has 3 atom stereocenters. The highest BCUT2D eigenvalue weighted by Gasteiger charge is 2.33. The Morgan fingerprint density at radius 2 is 2.06 bits per heavy atom. The summed E-state index contributed by atoms with van der Waals surface area (Å²) in [6, 6.07) is -0.182. The second-order valence-electron chi connectivity index (χ2n) is 4.73. The van der Waals surface area contributed by atoms with Gasteiger partial charge >= 0.3 is 0 Å². The standard InChI is InChI=1S/C12H22N2O2/c1-5-6-8(2)14-9(3)7-11(15)13-10(4)12(14)16/h8-10H,5-7H2,1-4H3,(H,13,15). The number of nitrogens with one attached hydrogen (secondary N) is 1. The molecule has 3 unspecified atom stereocenters. The quantitative estimate of drug-likeness (QED) is 0.788. The lowest BCUT2D eigenvalue weighted by molar-refractivity contribution is -0.136. The highest BCUT2D eigenvalue weighted by molar-refractivity contribution is 5.90. The minimum Gasteiger partial charge on any atom is -0.345 e. The van der Waals surface area contributed by atoms with Crippen molar-refractivity contribution in [1.29, 1.82) is 0 Å². The van der Waals surface area contributed by atoms with E-state index in [1.807, 2.05) is 11.8 Å². The van der Waals surface area contributed by atoms with Crippen LogP contribution in [0.1, 0.15) is 47.0 Å². The molecule has 0 aromatic heterocycles. The first-order valence-corrected chi connectivity index (χ1v) is 6.08. The fraction of sp³-hybridized carbons (Fsp3) is 0.833. The number of rotatable bonds is 3. The van der Waals surface area contributed by atoms with Crippen LogP contribution >= 0.6 is 0 Å². The predicted octanol–water partition coefficient (Wildman–Crippen LogP) is 1.30. The summed E-state index contributed by atoms with van der Waals surface area (Å²) in [5.74, 6) is 0.0128. The van der Waals surface area contributed by atoms with E-state index in [-0.39, 0.29) is 23.9 Å². The smallest absolute Gasteiger partial charge is 0.245 e. The lowest BCUT2D eigenvalue weighted by atomic mass is 10.1. The molecule has 1 saturated heterocycles.